The van der Waals surface area contributed by atoms with Crippen LogP contribution in [0.3, 0.4) is 0 Å². The predicted molar refractivity (Wildman–Crippen MR) is 76.9 cm³/mol. The van der Waals surface area contributed by atoms with Gasteiger partial charge in [0.1, 0.15) is 5.75 Å². The van der Waals surface area contributed by atoms with Crippen LogP contribution < -0.4 is 4.74 Å². The zero-order chi connectivity index (χ0) is 14.1. The molecule has 0 fully saturated rings. The summed E-state index contributed by atoms with van der Waals surface area (Å²) in [7, 11) is 0. The van der Waals surface area contributed by atoms with Crippen molar-refractivity contribution in [3.63, 3.8) is 0 Å². The van der Waals surface area contributed by atoms with Gasteiger partial charge in [-0.05, 0) is 46.2 Å². The number of rotatable bonds is 3. The topological polar surface area (TPSA) is 65.2 Å². The highest BCUT2D eigenvalue weighted by Gasteiger charge is 2.11. The van der Waals surface area contributed by atoms with Crippen molar-refractivity contribution in [2.75, 3.05) is 0 Å². The first-order valence-electron chi connectivity index (χ1n) is 6.16. The number of hydrogen-bond donors (Lipinski definition) is 0. The quantitative estimate of drug-likeness (QED) is 0.736. The summed E-state index contributed by atoms with van der Waals surface area (Å²) in [6.07, 6.45) is 0. The molecule has 0 atom stereocenters. The molecule has 1 aromatic carbocycles. The molecule has 0 N–H and O–H groups in total. The summed E-state index contributed by atoms with van der Waals surface area (Å²) in [4.78, 5) is 0. The van der Waals surface area contributed by atoms with E-state index in [1.165, 1.54) is 4.63 Å². The molecule has 0 unspecified atom stereocenters. The Morgan fingerprint density at radius 2 is 2.05 bits per heavy atom. The highest BCUT2D eigenvalue weighted by atomic mass is 79.9. The molecule has 102 valence electrons. The number of tetrazole rings is 1. The summed E-state index contributed by atoms with van der Waals surface area (Å²) < 4.78 is 8.22. The van der Waals surface area contributed by atoms with E-state index in [0.717, 1.165) is 15.8 Å². The Morgan fingerprint density at radius 1 is 1.20 bits per heavy atom. The van der Waals surface area contributed by atoms with Gasteiger partial charge in [0.15, 0.2) is 5.65 Å². The van der Waals surface area contributed by atoms with E-state index >= 15 is 0 Å². The number of halogens is 1. The van der Waals surface area contributed by atoms with Gasteiger partial charge >= 0.3 is 0 Å². The minimum absolute atomic E-state index is 0.347. The van der Waals surface area contributed by atoms with Crippen molar-refractivity contribution >= 4 is 21.6 Å². The lowest BCUT2D eigenvalue weighted by Crippen LogP contribution is -1.99. The molecule has 0 aliphatic carbocycles. The lowest BCUT2D eigenvalue weighted by atomic mass is 10.0. The van der Waals surface area contributed by atoms with Gasteiger partial charge < -0.3 is 4.74 Å². The molecule has 0 radical (unpaired) electrons. The van der Waals surface area contributed by atoms with E-state index in [9.17, 15) is 0 Å². The van der Waals surface area contributed by atoms with Crippen molar-refractivity contribution in [3.8, 4) is 11.6 Å². The molecule has 3 aromatic rings. The lowest BCUT2D eigenvalue weighted by Gasteiger charge is -2.13. The van der Waals surface area contributed by atoms with Crippen LogP contribution in [0.25, 0.3) is 5.65 Å². The molecule has 3 rings (SSSR count). The molecule has 0 saturated carbocycles. The Morgan fingerprint density at radius 3 is 2.85 bits per heavy atom. The summed E-state index contributed by atoms with van der Waals surface area (Å²) in [6.45, 7) is 4.24. The average Bonchev–Trinajstić information content (AvgIpc) is 2.88. The van der Waals surface area contributed by atoms with Crippen LogP contribution in [-0.2, 0) is 0 Å². The molecule has 0 saturated heterocycles. The monoisotopic (exact) mass is 333 g/mol. The van der Waals surface area contributed by atoms with E-state index < -0.39 is 0 Å². The van der Waals surface area contributed by atoms with Gasteiger partial charge in [-0.2, -0.15) is 0 Å². The van der Waals surface area contributed by atoms with Crippen LogP contribution in [0.15, 0.2) is 34.8 Å². The zero-order valence-electron chi connectivity index (χ0n) is 11.0. The molecule has 0 aliphatic rings. The number of aromatic nitrogens is 5. The van der Waals surface area contributed by atoms with Crippen LogP contribution in [0.5, 0.6) is 11.6 Å². The van der Waals surface area contributed by atoms with Gasteiger partial charge in [-0.15, -0.1) is 14.8 Å². The maximum atomic E-state index is 5.85. The summed E-state index contributed by atoms with van der Waals surface area (Å²) in [5, 5.41) is 15.3. The Kier molecular flexibility index (Phi) is 3.35. The Hall–Kier alpha value is -2.02. The fourth-order valence-electron chi connectivity index (χ4n) is 1.86. The van der Waals surface area contributed by atoms with Crippen molar-refractivity contribution in [2.45, 2.75) is 19.8 Å². The van der Waals surface area contributed by atoms with Crippen molar-refractivity contribution in [3.05, 3.63) is 40.4 Å². The van der Waals surface area contributed by atoms with Crippen LogP contribution in [0, 0.1) is 0 Å². The van der Waals surface area contributed by atoms with E-state index in [-0.39, 0.29) is 0 Å². The highest BCUT2D eigenvalue weighted by Crippen LogP contribution is 2.32. The van der Waals surface area contributed by atoms with Gasteiger partial charge in [0, 0.05) is 10.5 Å². The van der Waals surface area contributed by atoms with Crippen LogP contribution in [0.1, 0.15) is 25.3 Å². The number of benzene rings is 1. The Balaban J connectivity index is 1.97. The first-order valence-corrected chi connectivity index (χ1v) is 6.95. The second-order valence-electron chi connectivity index (χ2n) is 4.64. The minimum atomic E-state index is 0.347. The van der Waals surface area contributed by atoms with Gasteiger partial charge in [0.2, 0.25) is 5.88 Å². The first-order chi connectivity index (χ1) is 9.63. The SMILES string of the molecule is CC(C)c1cc(Br)ccc1Oc1ccc2nnnn2n1. The number of fused-ring (bicyclic) bond motifs is 1. The van der Waals surface area contributed by atoms with Crippen LogP contribution in [0.4, 0.5) is 0 Å². The zero-order valence-corrected chi connectivity index (χ0v) is 12.6. The van der Waals surface area contributed by atoms with Crippen molar-refractivity contribution < 1.29 is 4.74 Å². The Labute approximate surface area is 123 Å². The van der Waals surface area contributed by atoms with E-state index in [2.05, 4.69) is 56.5 Å². The normalized spacial score (nSPS) is 11.2. The molecule has 2 heterocycles. The minimum Gasteiger partial charge on any atom is -0.437 e. The lowest BCUT2D eigenvalue weighted by molar-refractivity contribution is 0.439. The summed E-state index contributed by atoms with van der Waals surface area (Å²) >= 11 is 3.48. The third kappa shape index (κ3) is 2.49. The van der Waals surface area contributed by atoms with Crippen LogP contribution >= 0.6 is 15.9 Å². The van der Waals surface area contributed by atoms with Crippen LogP contribution in [-0.4, -0.2) is 25.3 Å². The summed E-state index contributed by atoms with van der Waals surface area (Å²) in [5.41, 5.74) is 1.69. The smallest absolute Gasteiger partial charge is 0.239 e. The van der Waals surface area contributed by atoms with Gasteiger partial charge in [0.05, 0.1) is 0 Å². The highest BCUT2D eigenvalue weighted by molar-refractivity contribution is 9.10. The number of hydrogen-bond acceptors (Lipinski definition) is 5. The van der Waals surface area contributed by atoms with Crippen molar-refractivity contribution in [1.29, 1.82) is 0 Å². The van der Waals surface area contributed by atoms with E-state index in [1.54, 1.807) is 12.1 Å². The Bertz CT molecular complexity index is 755. The predicted octanol–water partition coefficient (Wildman–Crippen LogP) is 3.20. The summed E-state index contributed by atoms with van der Waals surface area (Å²) in [6, 6.07) is 9.42. The molecule has 0 spiro atoms. The third-order valence-electron chi connectivity index (χ3n) is 2.85. The second kappa shape index (κ2) is 5.16. The fraction of sp³-hybridized carbons (Fsp3) is 0.231. The van der Waals surface area contributed by atoms with E-state index in [1.807, 2.05) is 12.1 Å². The van der Waals surface area contributed by atoms with Crippen molar-refractivity contribution in [2.24, 2.45) is 0 Å². The van der Waals surface area contributed by atoms with Gasteiger partial charge in [-0.3, -0.25) is 0 Å². The van der Waals surface area contributed by atoms with Crippen molar-refractivity contribution in [1.82, 2.24) is 25.3 Å². The molecule has 0 amide bonds. The van der Waals surface area contributed by atoms with Crippen LogP contribution in [0.2, 0.25) is 0 Å². The molecular formula is C13H12BrN5O. The standard InChI is InChI=1S/C13H12BrN5O/c1-8(2)10-7-9(14)3-4-11(10)20-13-6-5-12-15-17-18-19(12)16-13/h3-8H,1-2H3. The van der Waals surface area contributed by atoms with Gasteiger partial charge in [-0.1, -0.05) is 29.8 Å². The fourth-order valence-corrected chi connectivity index (χ4v) is 2.24. The molecular weight excluding hydrogens is 322 g/mol. The second-order valence-corrected chi connectivity index (χ2v) is 5.55. The maximum absolute atomic E-state index is 5.85. The average molecular weight is 334 g/mol. The first kappa shape index (κ1) is 13.0. The van der Waals surface area contributed by atoms with E-state index in [4.69, 9.17) is 4.74 Å². The molecule has 6 nitrogen and oxygen atoms in total. The van der Waals surface area contributed by atoms with E-state index in [0.29, 0.717) is 17.4 Å². The molecule has 7 heteroatoms. The molecule has 2 aromatic heterocycles. The van der Waals surface area contributed by atoms with Gasteiger partial charge in [-0.25, -0.2) is 0 Å². The number of nitrogens with zero attached hydrogens (tertiary/aromatic N) is 5. The molecule has 20 heavy (non-hydrogen) atoms. The summed E-state index contributed by atoms with van der Waals surface area (Å²) in [5.74, 6) is 1.58. The van der Waals surface area contributed by atoms with Gasteiger partial charge in [0.25, 0.3) is 0 Å². The maximum Gasteiger partial charge on any atom is 0.239 e. The molecule has 0 aliphatic heterocycles. The molecule has 0 bridgehead atoms. The third-order valence-corrected chi connectivity index (χ3v) is 3.35. The largest absolute Gasteiger partial charge is 0.437 e. The number of ether oxygens (including phenoxy) is 1.